The molecule has 0 aliphatic heterocycles. The van der Waals surface area contributed by atoms with E-state index in [0.717, 1.165) is 32.5 Å². The number of benzene rings is 1. The molecular weight excluding hydrogens is 236 g/mol. The van der Waals surface area contributed by atoms with Gasteiger partial charge in [-0.15, -0.1) is 0 Å². The molecule has 0 radical (unpaired) electrons. The molecule has 0 unspecified atom stereocenters. The molecule has 1 N–H and O–H groups in total. The molecule has 0 saturated carbocycles. The molecule has 0 spiro atoms. The second-order valence-electron chi connectivity index (χ2n) is 5.02. The zero-order chi connectivity index (χ0) is 13.7. The van der Waals surface area contributed by atoms with E-state index < -0.39 is 0 Å². The summed E-state index contributed by atoms with van der Waals surface area (Å²) >= 11 is 0. The third-order valence-corrected chi connectivity index (χ3v) is 3.75. The highest BCUT2D eigenvalue weighted by Gasteiger charge is 2.10. The van der Waals surface area contributed by atoms with Crippen molar-refractivity contribution in [3.63, 3.8) is 0 Å². The lowest BCUT2D eigenvalue weighted by atomic mass is 10.1. The molecule has 0 fully saturated rings. The Bertz CT molecular complexity index is 492. The van der Waals surface area contributed by atoms with Crippen molar-refractivity contribution in [1.29, 1.82) is 0 Å². The molecule has 19 heavy (non-hydrogen) atoms. The molecule has 0 aliphatic carbocycles. The Morgan fingerprint density at radius 3 is 2.74 bits per heavy atom. The molecule has 2 aromatic rings. The number of methoxy groups -OCH3 is 1. The zero-order valence-electron chi connectivity index (χ0n) is 12.2. The molecule has 104 valence electrons. The summed E-state index contributed by atoms with van der Waals surface area (Å²) in [6, 6.07) is 8.60. The number of unbranched alkanes of at least 4 members (excludes halogenated alkanes) is 1. The molecule has 0 saturated heterocycles. The van der Waals surface area contributed by atoms with E-state index in [-0.39, 0.29) is 0 Å². The van der Waals surface area contributed by atoms with Gasteiger partial charge in [0.15, 0.2) is 0 Å². The van der Waals surface area contributed by atoms with E-state index in [1.807, 2.05) is 0 Å². The van der Waals surface area contributed by atoms with Crippen LogP contribution in [-0.2, 0) is 18.3 Å². The van der Waals surface area contributed by atoms with E-state index in [0.29, 0.717) is 0 Å². The molecule has 0 amide bonds. The predicted octanol–water partition coefficient (Wildman–Crippen LogP) is 3.00. The van der Waals surface area contributed by atoms with Gasteiger partial charge in [-0.3, -0.25) is 0 Å². The van der Waals surface area contributed by atoms with E-state index >= 15 is 0 Å². The van der Waals surface area contributed by atoms with Crippen molar-refractivity contribution in [3.8, 4) is 0 Å². The predicted molar refractivity (Wildman–Crippen MR) is 80.5 cm³/mol. The van der Waals surface area contributed by atoms with Crippen LogP contribution in [0.25, 0.3) is 10.9 Å². The number of aromatic nitrogens is 1. The summed E-state index contributed by atoms with van der Waals surface area (Å²) in [7, 11) is 3.91. The third-order valence-electron chi connectivity index (χ3n) is 3.75. The highest BCUT2D eigenvalue weighted by molar-refractivity contribution is 5.85. The molecule has 3 heteroatoms. The van der Waals surface area contributed by atoms with Gasteiger partial charge in [0, 0.05) is 43.9 Å². The van der Waals surface area contributed by atoms with Gasteiger partial charge in [0.05, 0.1) is 0 Å². The summed E-state index contributed by atoms with van der Waals surface area (Å²) in [6.07, 6.45) is 2.29. The normalized spacial score (nSPS) is 11.3. The summed E-state index contributed by atoms with van der Waals surface area (Å²) in [5.74, 6) is 0. The van der Waals surface area contributed by atoms with Crippen LogP contribution in [-0.4, -0.2) is 24.8 Å². The van der Waals surface area contributed by atoms with Crippen LogP contribution in [0, 0.1) is 6.92 Å². The first-order chi connectivity index (χ1) is 9.25. The van der Waals surface area contributed by atoms with Gasteiger partial charge in [-0.25, -0.2) is 0 Å². The number of ether oxygens (including phenoxy) is 1. The quantitative estimate of drug-likeness (QED) is 0.775. The Balaban J connectivity index is 1.97. The van der Waals surface area contributed by atoms with E-state index in [9.17, 15) is 0 Å². The number of rotatable bonds is 7. The largest absolute Gasteiger partial charge is 0.385 e. The SMILES string of the molecule is COCCCCNCc1c(C)c2ccccc2n1C. The van der Waals surface area contributed by atoms with Crippen LogP contribution in [0.15, 0.2) is 24.3 Å². The number of para-hydroxylation sites is 1. The van der Waals surface area contributed by atoms with Gasteiger partial charge in [0.2, 0.25) is 0 Å². The Labute approximate surface area is 115 Å². The second kappa shape index (κ2) is 6.73. The second-order valence-corrected chi connectivity index (χ2v) is 5.02. The van der Waals surface area contributed by atoms with Crippen LogP contribution >= 0.6 is 0 Å². The number of hydrogen-bond donors (Lipinski definition) is 1. The van der Waals surface area contributed by atoms with Crippen LogP contribution in [0.4, 0.5) is 0 Å². The highest BCUT2D eigenvalue weighted by Crippen LogP contribution is 2.24. The Kier molecular flexibility index (Phi) is 5.00. The van der Waals surface area contributed by atoms with E-state index in [1.54, 1.807) is 7.11 Å². The Morgan fingerprint density at radius 1 is 1.21 bits per heavy atom. The fourth-order valence-corrected chi connectivity index (χ4v) is 2.59. The van der Waals surface area contributed by atoms with Crippen LogP contribution in [0.3, 0.4) is 0 Å². The first-order valence-corrected chi connectivity index (χ1v) is 6.98. The number of fused-ring (bicyclic) bond motifs is 1. The van der Waals surface area contributed by atoms with Gasteiger partial charge >= 0.3 is 0 Å². The molecular formula is C16H24N2O. The summed E-state index contributed by atoms with van der Waals surface area (Å²) in [6.45, 7) is 5.05. The summed E-state index contributed by atoms with van der Waals surface area (Å²) in [5, 5.41) is 4.89. The molecule has 1 aromatic heterocycles. The lowest BCUT2D eigenvalue weighted by Crippen LogP contribution is -2.17. The minimum atomic E-state index is 0.856. The molecule has 2 rings (SSSR count). The fraction of sp³-hybridized carbons (Fsp3) is 0.500. The third kappa shape index (κ3) is 3.17. The first-order valence-electron chi connectivity index (χ1n) is 6.98. The fourth-order valence-electron chi connectivity index (χ4n) is 2.59. The van der Waals surface area contributed by atoms with Crippen molar-refractivity contribution in [2.75, 3.05) is 20.3 Å². The van der Waals surface area contributed by atoms with Crippen LogP contribution in [0.2, 0.25) is 0 Å². The maximum Gasteiger partial charge on any atom is 0.0483 e. The number of aryl methyl sites for hydroxylation is 2. The molecule has 1 aromatic carbocycles. The van der Waals surface area contributed by atoms with Crippen molar-refractivity contribution in [2.24, 2.45) is 7.05 Å². The average Bonchev–Trinajstić information content (AvgIpc) is 2.68. The molecule has 1 heterocycles. The van der Waals surface area contributed by atoms with Crippen molar-refractivity contribution >= 4 is 10.9 Å². The standard InChI is InChI=1S/C16H24N2O/c1-13-14-8-4-5-9-15(14)18(2)16(13)12-17-10-6-7-11-19-3/h4-5,8-9,17H,6-7,10-12H2,1-3H3. The van der Waals surface area contributed by atoms with Gasteiger partial charge in [-0.05, 0) is 37.9 Å². The number of nitrogens with one attached hydrogen (secondary N) is 1. The average molecular weight is 260 g/mol. The molecule has 0 atom stereocenters. The summed E-state index contributed by atoms with van der Waals surface area (Å²) in [4.78, 5) is 0. The monoisotopic (exact) mass is 260 g/mol. The smallest absolute Gasteiger partial charge is 0.0483 e. The van der Waals surface area contributed by atoms with Crippen LogP contribution in [0.5, 0.6) is 0 Å². The maximum atomic E-state index is 5.05. The summed E-state index contributed by atoms with van der Waals surface area (Å²) < 4.78 is 7.35. The van der Waals surface area contributed by atoms with Crippen LogP contribution < -0.4 is 5.32 Å². The molecule has 0 aliphatic rings. The lowest BCUT2D eigenvalue weighted by Gasteiger charge is -2.08. The minimum Gasteiger partial charge on any atom is -0.385 e. The van der Waals surface area contributed by atoms with E-state index in [4.69, 9.17) is 4.74 Å². The zero-order valence-corrected chi connectivity index (χ0v) is 12.2. The van der Waals surface area contributed by atoms with Gasteiger partial charge in [0.1, 0.15) is 0 Å². The Morgan fingerprint density at radius 2 is 2.00 bits per heavy atom. The van der Waals surface area contributed by atoms with Gasteiger partial charge < -0.3 is 14.6 Å². The van der Waals surface area contributed by atoms with Gasteiger partial charge in [0.25, 0.3) is 0 Å². The molecule has 0 bridgehead atoms. The number of nitrogens with zero attached hydrogens (tertiary/aromatic N) is 1. The topological polar surface area (TPSA) is 26.2 Å². The molecule has 3 nitrogen and oxygen atoms in total. The first kappa shape index (κ1) is 14.1. The van der Waals surface area contributed by atoms with Crippen molar-refractivity contribution in [2.45, 2.75) is 26.3 Å². The van der Waals surface area contributed by atoms with Crippen molar-refractivity contribution in [3.05, 3.63) is 35.5 Å². The maximum absolute atomic E-state index is 5.05. The lowest BCUT2D eigenvalue weighted by molar-refractivity contribution is 0.192. The van der Waals surface area contributed by atoms with Gasteiger partial charge in [-0.1, -0.05) is 18.2 Å². The minimum absolute atomic E-state index is 0.856. The van der Waals surface area contributed by atoms with E-state index in [1.165, 1.54) is 22.2 Å². The highest BCUT2D eigenvalue weighted by atomic mass is 16.5. The van der Waals surface area contributed by atoms with E-state index in [2.05, 4.69) is 48.1 Å². The number of hydrogen-bond acceptors (Lipinski definition) is 2. The van der Waals surface area contributed by atoms with Crippen LogP contribution in [0.1, 0.15) is 24.1 Å². The Hall–Kier alpha value is -1.32. The van der Waals surface area contributed by atoms with Crippen molar-refractivity contribution in [1.82, 2.24) is 9.88 Å². The van der Waals surface area contributed by atoms with Crippen molar-refractivity contribution < 1.29 is 4.74 Å². The summed E-state index contributed by atoms with van der Waals surface area (Å²) in [5.41, 5.74) is 4.09. The van der Waals surface area contributed by atoms with Gasteiger partial charge in [-0.2, -0.15) is 0 Å².